The van der Waals surface area contributed by atoms with Gasteiger partial charge in [-0.05, 0) is 42.5 Å². The molecule has 4 N–H and O–H groups in total. The minimum atomic E-state index is 0.589. The molecule has 0 saturated carbocycles. The first-order valence-corrected chi connectivity index (χ1v) is 10.5. The third-order valence-corrected chi connectivity index (χ3v) is 6.65. The number of nitrogens with two attached hydrogens (primary N) is 1. The second kappa shape index (κ2) is 6.32. The second-order valence-corrected chi connectivity index (χ2v) is 8.60. The van der Waals surface area contributed by atoms with Gasteiger partial charge in [-0.1, -0.05) is 53.0 Å². The van der Waals surface area contributed by atoms with E-state index in [2.05, 4.69) is 16.0 Å². The third kappa shape index (κ3) is 2.34. The van der Waals surface area contributed by atoms with Crippen molar-refractivity contribution in [3.8, 4) is 11.1 Å². The number of nitrogen functional groups attached to an aromatic ring is 1. The molecule has 6 rings (SSSR count). The van der Waals surface area contributed by atoms with Crippen LogP contribution in [0.1, 0.15) is 0 Å². The van der Waals surface area contributed by atoms with Crippen molar-refractivity contribution in [2.45, 2.75) is 0 Å². The maximum Gasteiger partial charge on any atom is 0.0567 e. The molecule has 3 nitrogen and oxygen atoms in total. The first-order valence-electron chi connectivity index (χ1n) is 9.42. The lowest BCUT2D eigenvalue weighted by Crippen LogP contribution is -1.92. The summed E-state index contributed by atoms with van der Waals surface area (Å²) in [6.07, 6.45) is 0. The Kier molecular flexibility index (Phi) is 3.79. The molecule has 0 aliphatic heterocycles. The van der Waals surface area contributed by atoms with Gasteiger partial charge >= 0.3 is 0 Å². The van der Waals surface area contributed by atoms with Crippen LogP contribution in [0.5, 0.6) is 0 Å². The Hall–Kier alpha value is -2.85. The zero-order valence-electron chi connectivity index (χ0n) is 15.5. The zero-order chi connectivity index (χ0) is 20.6. The molecule has 0 spiro atoms. The molecule has 0 atom stereocenters. The lowest BCUT2D eigenvalue weighted by atomic mass is 9.97. The van der Waals surface area contributed by atoms with Crippen LogP contribution in [-0.4, -0.2) is 9.97 Å². The molecule has 0 bridgehead atoms. The summed E-state index contributed by atoms with van der Waals surface area (Å²) in [5.74, 6) is 0. The summed E-state index contributed by atoms with van der Waals surface area (Å²) < 4.78 is 0. The van der Waals surface area contributed by atoms with Crippen molar-refractivity contribution < 1.29 is 0 Å². The molecule has 0 aliphatic rings. The quantitative estimate of drug-likeness (QED) is 0.217. The Morgan fingerprint density at radius 3 is 1.97 bits per heavy atom. The fraction of sp³-hybridized carbons (Fsp3) is 0. The van der Waals surface area contributed by atoms with Gasteiger partial charge in [0.15, 0.2) is 0 Å². The van der Waals surface area contributed by atoms with Gasteiger partial charge in [0.2, 0.25) is 0 Å². The molecule has 6 aromatic rings. The molecular weight excluding hydrogens is 437 g/mol. The van der Waals surface area contributed by atoms with Crippen molar-refractivity contribution in [2.75, 3.05) is 5.73 Å². The number of fused-ring (bicyclic) bond motifs is 7. The van der Waals surface area contributed by atoms with Crippen LogP contribution in [0.25, 0.3) is 54.7 Å². The highest BCUT2D eigenvalue weighted by Crippen LogP contribution is 2.46. The summed E-state index contributed by atoms with van der Waals surface area (Å²) in [6, 6.07) is 19.4. The van der Waals surface area contributed by atoms with E-state index in [4.69, 9.17) is 40.5 Å². The summed E-state index contributed by atoms with van der Waals surface area (Å²) in [5.41, 5.74) is 12.5. The maximum absolute atomic E-state index is 6.66. The summed E-state index contributed by atoms with van der Waals surface area (Å²) in [6.45, 7) is 0. The Bertz CT molecular complexity index is 1620. The molecule has 0 aliphatic carbocycles. The molecule has 0 fully saturated rings. The van der Waals surface area contributed by atoms with E-state index in [1.165, 1.54) is 0 Å². The average Bonchev–Trinajstić information content (AvgIpc) is 3.28. The molecule has 0 radical (unpaired) electrons. The van der Waals surface area contributed by atoms with Gasteiger partial charge in [0, 0.05) is 49.4 Å². The topological polar surface area (TPSA) is 57.6 Å². The van der Waals surface area contributed by atoms with E-state index in [1.807, 2.05) is 54.6 Å². The van der Waals surface area contributed by atoms with E-state index in [9.17, 15) is 0 Å². The minimum absolute atomic E-state index is 0.589. The van der Waals surface area contributed by atoms with Crippen molar-refractivity contribution in [2.24, 2.45) is 0 Å². The maximum atomic E-state index is 6.66. The monoisotopic (exact) mass is 449 g/mol. The van der Waals surface area contributed by atoms with Crippen molar-refractivity contribution in [3.63, 3.8) is 0 Å². The number of anilines is 1. The zero-order valence-corrected chi connectivity index (χ0v) is 17.8. The van der Waals surface area contributed by atoms with Gasteiger partial charge in [-0.2, -0.15) is 0 Å². The number of hydrogen-bond acceptors (Lipinski definition) is 1. The fourth-order valence-electron chi connectivity index (χ4n) is 4.47. The summed E-state index contributed by atoms with van der Waals surface area (Å²) >= 11 is 19.9. The second-order valence-electron chi connectivity index (χ2n) is 7.38. The number of aromatic amines is 2. The van der Waals surface area contributed by atoms with E-state index in [-0.39, 0.29) is 0 Å². The summed E-state index contributed by atoms with van der Waals surface area (Å²) in [4.78, 5) is 7.09. The summed E-state index contributed by atoms with van der Waals surface area (Å²) in [5, 5.41) is 5.86. The Balaban J connectivity index is 1.95. The highest BCUT2D eigenvalue weighted by molar-refractivity contribution is 6.43. The van der Waals surface area contributed by atoms with Crippen LogP contribution in [0.4, 0.5) is 5.69 Å². The number of hydrogen-bond donors (Lipinski definition) is 3. The lowest BCUT2D eigenvalue weighted by Gasteiger charge is -2.11. The van der Waals surface area contributed by atoms with Gasteiger partial charge in [0.05, 0.1) is 26.1 Å². The van der Waals surface area contributed by atoms with Gasteiger partial charge in [-0.3, -0.25) is 0 Å². The van der Waals surface area contributed by atoms with Crippen LogP contribution >= 0.6 is 34.8 Å². The van der Waals surface area contributed by atoms with Gasteiger partial charge < -0.3 is 15.7 Å². The van der Waals surface area contributed by atoms with Crippen molar-refractivity contribution in [1.29, 1.82) is 0 Å². The van der Waals surface area contributed by atoms with Crippen LogP contribution in [0.2, 0.25) is 15.1 Å². The Morgan fingerprint density at radius 2 is 1.23 bits per heavy atom. The Morgan fingerprint density at radius 1 is 0.633 bits per heavy atom. The normalized spacial score (nSPS) is 12.0. The number of H-pyrrole nitrogens is 2. The fourth-order valence-corrected chi connectivity index (χ4v) is 5.29. The van der Waals surface area contributed by atoms with E-state index in [1.54, 1.807) is 0 Å². The van der Waals surface area contributed by atoms with Crippen LogP contribution in [0.15, 0.2) is 60.7 Å². The first-order chi connectivity index (χ1) is 14.5. The predicted octanol–water partition coefficient (Wildman–Crippen LogP) is 8.17. The van der Waals surface area contributed by atoms with Gasteiger partial charge in [-0.15, -0.1) is 0 Å². The highest BCUT2D eigenvalue weighted by atomic mass is 35.5. The predicted molar refractivity (Wildman–Crippen MR) is 130 cm³/mol. The molecule has 0 amide bonds. The molecule has 30 heavy (non-hydrogen) atoms. The number of aromatic nitrogens is 2. The average molecular weight is 451 g/mol. The van der Waals surface area contributed by atoms with Gasteiger partial charge in [-0.25, -0.2) is 0 Å². The molecule has 6 heteroatoms. The minimum Gasteiger partial charge on any atom is -0.398 e. The van der Waals surface area contributed by atoms with Gasteiger partial charge in [0.1, 0.15) is 0 Å². The lowest BCUT2D eigenvalue weighted by molar-refractivity contribution is 1.53. The third-order valence-electron chi connectivity index (χ3n) is 5.71. The number of nitrogens with one attached hydrogen (secondary N) is 2. The van der Waals surface area contributed by atoms with Gasteiger partial charge in [0.25, 0.3) is 0 Å². The summed E-state index contributed by atoms with van der Waals surface area (Å²) in [7, 11) is 0. The van der Waals surface area contributed by atoms with Crippen molar-refractivity contribution >= 4 is 84.1 Å². The van der Waals surface area contributed by atoms with E-state index < -0.39 is 0 Å². The van der Waals surface area contributed by atoms with Crippen LogP contribution in [0.3, 0.4) is 0 Å². The standard InChI is InChI=1S/C24H14Cl3N3/c25-13-4-1-7-16(28)19(13)11-10-12-20-14(26)5-2-8-17(20)29-24(12)22-21-15(27)6-3-9-18(21)30-23(11)22/h1-10,29-30H,28H2. The molecule has 0 saturated heterocycles. The molecule has 4 aromatic carbocycles. The van der Waals surface area contributed by atoms with Crippen LogP contribution in [-0.2, 0) is 0 Å². The van der Waals surface area contributed by atoms with Crippen LogP contribution in [0, 0.1) is 0 Å². The SMILES string of the molecule is Nc1cccc(Cl)c1-c1cc2c([nH]c3cccc(Cl)c32)c2c1[nH]c1cccc(Cl)c12. The smallest absolute Gasteiger partial charge is 0.0567 e. The number of halogens is 3. The first kappa shape index (κ1) is 18.0. The molecule has 146 valence electrons. The van der Waals surface area contributed by atoms with E-state index in [0.29, 0.717) is 20.8 Å². The molecule has 2 heterocycles. The van der Waals surface area contributed by atoms with Crippen molar-refractivity contribution in [1.82, 2.24) is 9.97 Å². The van der Waals surface area contributed by atoms with Crippen molar-refractivity contribution in [3.05, 3.63) is 75.7 Å². The number of benzene rings is 4. The molecule has 0 unspecified atom stereocenters. The highest BCUT2D eigenvalue weighted by Gasteiger charge is 2.21. The van der Waals surface area contributed by atoms with E-state index >= 15 is 0 Å². The number of rotatable bonds is 1. The Labute approximate surface area is 186 Å². The molecule has 2 aromatic heterocycles. The van der Waals surface area contributed by atoms with Crippen LogP contribution < -0.4 is 5.73 Å². The van der Waals surface area contributed by atoms with E-state index in [0.717, 1.165) is 54.7 Å². The largest absolute Gasteiger partial charge is 0.398 e. The molecular formula is C24H14Cl3N3.